The van der Waals surface area contributed by atoms with E-state index in [4.69, 9.17) is 0 Å². The van der Waals surface area contributed by atoms with Crippen molar-refractivity contribution >= 4 is 0 Å². The lowest BCUT2D eigenvalue weighted by Crippen LogP contribution is -2.29. The molecule has 2 atom stereocenters. The first-order chi connectivity index (χ1) is 6.76. The molecule has 84 valence electrons. The quantitative estimate of drug-likeness (QED) is 0.686. The Labute approximate surface area is 89.7 Å². The third kappa shape index (κ3) is 4.00. The van der Waals surface area contributed by atoms with Gasteiger partial charge in [0, 0.05) is 6.04 Å². The minimum atomic E-state index is 0.771. The van der Waals surface area contributed by atoms with Crippen molar-refractivity contribution in [3.63, 3.8) is 0 Å². The van der Waals surface area contributed by atoms with Gasteiger partial charge in [0.15, 0.2) is 0 Å². The first-order valence-electron chi connectivity index (χ1n) is 6.43. The van der Waals surface area contributed by atoms with Crippen molar-refractivity contribution in [3.05, 3.63) is 0 Å². The standard InChI is InChI=1S/C13H27N/c1-4-11(2)9-13(14-3)10-12-7-5-6-8-12/h11-14H,4-10H2,1-3H3. The summed E-state index contributed by atoms with van der Waals surface area (Å²) in [6.07, 6.45) is 10.0. The molecule has 0 aromatic rings. The molecular weight excluding hydrogens is 170 g/mol. The van der Waals surface area contributed by atoms with Gasteiger partial charge in [-0.25, -0.2) is 0 Å². The van der Waals surface area contributed by atoms with E-state index in [-0.39, 0.29) is 0 Å². The second kappa shape index (κ2) is 6.44. The highest BCUT2D eigenvalue weighted by molar-refractivity contribution is 4.76. The zero-order valence-electron chi connectivity index (χ0n) is 10.2. The van der Waals surface area contributed by atoms with Crippen LogP contribution in [-0.2, 0) is 0 Å². The Morgan fingerprint density at radius 1 is 1.29 bits per heavy atom. The third-order valence-corrected chi connectivity index (χ3v) is 3.88. The van der Waals surface area contributed by atoms with Gasteiger partial charge in [-0.3, -0.25) is 0 Å². The molecule has 0 amide bonds. The molecule has 1 heteroatoms. The first kappa shape index (κ1) is 12.0. The van der Waals surface area contributed by atoms with Gasteiger partial charge in [-0.15, -0.1) is 0 Å². The van der Waals surface area contributed by atoms with E-state index in [1.807, 2.05) is 0 Å². The smallest absolute Gasteiger partial charge is 0.00692 e. The maximum Gasteiger partial charge on any atom is 0.00692 e. The zero-order valence-corrected chi connectivity index (χ0v) is 10.2. The zero-order chi connectivity index (χ0) is 10.4. The number of rotatable bonds is 6. The third-order valence-electron chi connectivity index (χ3n) is 3.88. The average Bonchev–Trinajstić information content (AvgIpc) is 2.69. The summed E-state index contributed by atoms with van der Waals surface area (Å²) in [6.45, 7) is 4.67. The second-order valence-corrected chi connectivity index (χ2v) is 5.12. The second-order valence-electron chi connectivity index (χ2n) is 5.12. The Morgan fingerprint density at radius 3 is 2.43 bits per heavy atom. The Morgan fingerprint density at radius 2 is 1.93 bits per heavy atom. The fourth-order valence-corrected chi connectivity index (χ4v) is 2.63. The highest BCUT2D eigenvalue weighted by atomic mass is 14.9. The van der Waals surface area contributed by atoms with E-state index < -0.39 is 0 Å². The van der Waals surface area contributed by atoms with E-state index in [2.05, 4.69) is 26.2 Å². The van der Waals surface area contributed by atoms with Crippen molar-refractivity contribution in [1.29, 1.82) is 0 Å². The topological polar surface area (TPSA) is 12.0 Å². The molecule has 1 aliphatic carbocycles. The van der Waals surface area contributed by atoms with Crippen LogP contribution in [0.4, 0.5) is 0 Å². The van der Waals surface area contributed by atoms with Crippen molar-refractivity contribution in [2.75, 3.05) is 7.05 Å². The fraction of sp³-hybridized carbons (Fsp3) is 1.00. The molecule has 0 aromatic carbocycles. The highest BCUT2D eigenvalue weighted by Crippen LogP contribution is 2.29. The van der Waals surface area contributed by atoms with Crippen LogP contribution in [0.1, 0.15) is 58.8 Å². The van der Waals surface area contributed by atoms with Crippen LogP contribution in [0.3, 0.4) is 0 Å². The van der Waals surface area contributed by atoms with Crippen LogP contribution in [-0.4, -0.2) is 13.1 Å². The Bertz CT molecular complexity index is 138. The molecule has 1 aliphatic rings. The molecule has 14 heavy (non-hydrogen) atoms. The van der Waals surface area contributed by atoms with Crippen LogP contribution in [0, 0.1) is 11.8 Å². The molecule has 1 nitrogen and oxygen atoms in total. The van der Waals surface area contributed by atoms with E-state index in [0.29, 0.717) is 0 Å². The van der Waals surface area contributed by atoms with Gasteiger partial charge in [-0.1, -0.05) is 46.0 Å². The molecule has 0 saturated heterocycles. The summed E-state index contributed by atoms with van der Waals surface area (Å²) in [5.41, 5.74) is 0. The number of hydrogen-bond acceptors (Lipinski definition) is 1. The summed E-state index contributed by atoms with van der Waals surface area (Å²) in [7, 11) is 2.13. The van der Waals surface area contributed by atoms with Crippen LogP contribution in [0.15, 0.2) is 0 Å². The van der Waals surface area contributed by atoms with E-state index in [9.17, 15) is 0 Å². The molecule has 0 radical (unpaired) electrons. The van der Waals surface area contributed by atoms with Gasteiger partial charge >= 0.3 is 0 Å². The fourth-order valence-electron chi connectivity index (χ4n) is 2.63. The SMILES string of the molecule is CCC(C)CC(CC1CCCC1)NC. The first-order valence-corrected chi connectivity index (χ1v) is 6.43. The summed E-state index contributed by atoms with van der Waals surface area (Å²) < 4.78 is 0. The van der Waals surface area contributed by atoms with Gasteiger partial charge in [0.2, 0.25) is 0 Å². The van der Waals surface area contributed by atoms with Crippen LogP contribution in [0.5, 0.6) is 0 Å². The lowest BCUT2D eigenvalue weighted by atomic mass is 9.91. The van der Waals surface area contributed by atoms with Gasteiger partial charge in [0.05, 0.1) is 0 Å². The molecular formula is C13H27N. The van der Waals surface area contributed by atoms with Crippen molar-refractivity contribution in [2.45, 2.75) is 64.8 Å². The van der Waals surface area contributed by atoms with Crippen molar-refractivity contribution < 1.29 is 0 Å². The normalized spacial score (nSPS) is 22.5. The van der Waals surface area contributed by atoms with Crippen LogP contribution in [0.25, 0.3) is 0 Å². The lowest BCUT2D eigenvalue weighted by molar-refractivity contribution is 0.342. The van der Waals surface area contributed by atoms with Gasteiger partial charge in [-0.05, 0) is 31.7 Å². The predicted octanol–water partition coefficient (Wildman–Crippen LogP) is 3.59. The summed E-state index contributed by atoms with van der Waals surface area (Å²) >= 11 is 0. The van der Waals surface area contributed by atoms with E-state index in [1.165, 1.54) is 44.9 Å². The largest absolute Gasteiger partial charge is 0.317 e. The van der Waals surface area contributed by atoms with Gasteiger partial charge in [0.25, 0.3) is 0 Å². The molecule has 0 bridgehead atoms. The summed E-state index contributed by atoms with van der Waals surface area (Å²) in [4.78, 5) is 0. The molecule has 2 unspecified atom stereocenters. The molecule has 1 fully saturated rings. The minimum Gasteiger partial charge on any atom is -0.317 e. The van der Waals surface area contributed by atoms with Crippen molar-refractivity contribution in [2.24, 2.45) is 11.8 Å². The number of nitrogens with one attached hydrogen (secondary N) is 1. The molecule has 0 aromatic heterocycles. The Hall–Kier alpha value is -0.0400. The number of hydrogen-bond donors (Lipinski definition) is 1. The maximum absolute atomic E-state index is 3.49. The summed E-state index contributed by atoms with van der Waals surface area (Å²) in [5, 5.41) is 3.49. The van der Waals surface area contributed by atoms with E-state index in [1.54, 1.807) is 0 Å². The molecule has 1 N–H and O–H groups in total. The molecule has 0 spiro atoms. The van der Waals surface area contributed by atoms with Crippen molar-refractivity contribution in [3.8, 4) is 0 Å². The van der Waals surface area contributed by atoms with Gasteiger partial charge in [0.1, 0.15) is 0 Å². The van der Waals surface area contributed by atoms with Crippen LogP contribution >= 0.6 is 0 Å². The van der Waals surface area contributed by atoms with Crippen LogP contribution in [0.2, 0.25) is 0 Å². The van der Waals surface area contributed by atoms with Crippen LogP contribution < -0.4 is 5.32 Å². The molecule has 0 heterocycles. The Kier molecular flexibility index (Phi) is 5.54. The molecule has 0 aliphatic heterocycles. The predicted molar refractivity (Wildman–Crippen MR) is 63.5 cm³/mol. The molecule has 1 saturated carbocycles. The monoisotopic (exact) mass is 197 g/mol. The average molecular weight is 197 g/mol. The minimum absolute atomic E-state index is 0.771. The highest BCUT2D eigenvalue weighted by Gasteiger charge is 2.20. The molecule has 1 rings (SSSR count). The van der Waals surface area contributed by atoms with Crippen molar-refractivity contribution in [1.82, 2.24) is 5.32 Å². The van der Waals surface area contributed by atoms with E-state index >= 15 is 0 Å². The van der Waals surface area contributed by atoms with Gasteiger partial charge < -0.3 is 5.32 Å². The summed E-state index contributed by atoms with van der Waals surface area (Å²) in [6, 6.07) is 0.771. The Balaban J connectivity index is 2.22. The lowest BCUT2D eigenvalue weighted by Gasteiger charge is -2.22. The van der Waals surface area contributed by atoms with E-state index in [0.717, 1.165) is 17.9 Å². The van der Waals surface area contributed by atoms with Gasteiger partial charge in [-0.2, -0.15) is 0 Å². The maximum atomic E-state index is 3.49. The summed E-state index contributed by atoms with van der Waals surface area (Å²) in [5.74, 6) is 1.91.